The molecule has 1 aliphatic heterocycles. The topological polar surface area (TPSA) is 76.4 Å². The van der Waals surface area contributed by atoms with Crippen LogP contribution < -0.4 is 9.64 Å². The second-order valence-electron chi connectivity index (χ2n) is 5.27. The summed E-state index contributed by atoms with van der Waals surface area (Å²) in [4.78, 5) is 20.9. The van der Waals surface area contributed by atoms with E-state index in [1.54, 1.807) is 18.0 Å². The molecule has 0 saturated carbocycles. The van der Waals surface area contributed by atoms with Crippen LogP contribution in [0.5, 0.6) is 5.75 Å². The van der Waals surface area contributed by atoms with Crippen LogP contribution in [0.2, 0.25) is 0 Å². The molecule has 8 nitrogen and oxygen atoms in total. The first-order valence-corrected chi connectivity index (χ1v) is 7.65. The highest BCUT2D eigenvalue weighted by Crippen LogP contribution is 2.19. The van der Waals surface area contributed by atoms with Crippen LogP contribution in [0.3, 0.4) is 0 Å². The predicted molar refractivity (Wildman–Crippen MR) is 84.6 cm³/mol. The number of rotatable bonds is 4. The maximum atomic E-state index is 12.6. The first kappa shape index (κ1) is 15.3. The van der Waals surface area contributed by atoms with Crippen LogP contribution in [0.1, 0.15) is 17.4 Å². The first-order valence-electron chi connectivity index (χ1n) is 7.65. The number of ether oxygens (including phenoxy) is 1. The summed E-state index contributed by atoms with van der Waals surface area (Å²) in [6, 6.07) is 3.73. The number of pyridine rings is 1. The van der Waals surface area contributed by atoms with Crippen LogP contribution in [-0.4, -0.2) is 64.1 Å². The second kappa shape index (κ2) is 6.64. The van der Waals surface area contributed by atoms with Crippen molar-refractivity contribution in [1.82, 2.24) is 24.9 Å². The van der Waals surface area contributed by atoms with Gasteiger partial charge in [0.2, 0.25) is 0 Å². The summed E-state index contributed by atoms with van der Waals surface area (Å²) >= 11 is 0. The molecule has 0 spiro atoms. The molecular formula is C15H20N6O2. The fourth-order valence-corrected chi connectivity index (χ4v) is 2.66. The lowest BCUT2D eigenvalue weighted by molar-refractivity contribution is 0.0734. The third-order valence-corrected chi connectivity index (χ3v) is 3.98. The van der Waals surface area contributed by atoms with Gasteiger partial charge in [-0.15, -0.1) is 5.10 Å². The molecule has 1 aliphatic rings. The number of aromatic nitrogens is 4. The standard InChI is InChI=1S/C15H20N6O2/c1-3-21-13(11-17-18-21)15(22)20-8-6-19(7-9-20)14-10-12(23-2)4-5-16-14/h4-5,10-11H,3,6-9H2,1-2H3. The summed E-state index contributed by atoms with van der Waals surface area (Å²) in [5.74, 6) is 1.64. The third kappa shape index (κ3) is 3.10. The largest absolute Gasteiger partial charge is 0.497 e. The number of carbonyl (C=O) groups excluding carboxylic acids is 1. The van der Waals surface area contributed by atoms with E-state index in [4.69, 9.17) is 4.74 Å². The number of methoxy groups -OCH3 is 1. The van der Waals surface area contributed by atoms with Crippen LogP contribution in [0.25, 0.3) is 0 Å². The Bertz CT molecular complexity index is 678. The van der Waals surface area contributed by atoms with Gasteiger partial charge < -0.3 is 14.5 Å². The van der Waals surface area contributed by atoms with Crippen molar-refractivity contribution < 1.29 is 9.53 Å². The molecule has 0 unspecified atom stereocenters. The Morgan fingerprint density at radius 3 is 2.78 bits per heavy atom. The molecule has 0 bridgehead atoms. The Kier molecular flexibility index (Phi) is 4.40. The van der Waals surface area contributed by atoms with Crippen molar-refractivity contribution in [1.29, 1.82) is 0 Å². The Labute approximate surface area is 134 Å². The third-order valence-electron chi connectivity index (χ3n) is 3.98. The van der Waals surface area contributed by atoms with E-state index in [1.165, 1.54) is 6.20 Å². The number of hydrogen-bond donors (Lipinski definition) is 0. The van der Waals surface area contributed by atoms with Crippen molar-refractivity contribution in [2.75, 3.05) is 38.2 Å². The fourth-order valence-electron chi connectivity index (χ4n) is 2.66. The van der Waals surface area contributed by atoms with Gasteiger partial charge in [-0.05, 0) is 13.0 Å². The van der Waals surface area contributed by atoms with Gasteiger partial charge in [-0.3, -0.25) is 4.79 Å². The van der Waals surface area contributed by atoms with Gasteiger partial charge in [0, 0.05) is 45.0 Å². The van der Waals surface area contributed by atoms with Crippen molar-refractivity contribution in [3.8, 4) is 5.75 Å². The highest BCUT2D eigenvalue weighted by atomic mass is 16.5. The number of anilines is 1. The van der Waals surface area contributed by atoms with Crippen molar-refractivity contribution in [2.45, 2.75) is 13.5 Å². The zero-order chi connectivity index (χ0) is 16.2. The lowest BCUT2D eigenvalue weighted by atomic mass is 10.2. The molecule has 3 rings (SSSR count). The highest BCUT2D eigenvalue weighted by molar-refractivity contribution is 5.92. The molecule has 0 aliphatic carbocycles. The molecule has 0 aromatic carbocycles. The van der Waals surface area contributed by atoms with E-state index in [0.29, 0.717) is 25.3 Å². The van der Waals surface area contributed by atoms with Crippen molar-refractivity contribution in [3.63, 3.8) is 0 Å². The Hall–Kier alpha value is -2.64. The normalized spacial score (nSPS) is 14.9. The second-order valence-corrected chi connectivity index (χ2v) is 5.27. The molecule has 0 N–H and O–H groups in total. The maximum Gasteiger partial charge on any atom is 0.273 e. The van der Waals surface area contributed by atoms with E-state index >= 15 is 0 Å². The van der Waals surface area contributed by atoms with Crippen LogP contribution in [0, 0.1) is 0 Å². The van der Waals surface area contributed by atoms with E-state index in [-0.39, 0.29) is 5.91 Å². The van der Waals surface area contributed by atoms with E-state index in [2.05, 4.69) is 20.2 Å². The van der Waals surface area contributed by atoms with E-state index < -0.39 is 0 Å². The van der Waals surface area contributed by atoms with Gasteiger partial charge in [-0.2, -0.15) is 0 Å². The predicted octanol–water partition coefficient (Wildman–Crippen LogP) is 0.664. The lowest BCUT2D eigenvalue weighted by Crippen LogP contribution is -2.49. The lowest BCUT2D eigenvalue weighted by Gasteiger charge is -2.35. The molecule has 122 valence electrons. The Morgan fingerprint density at radius 2 is 2.09 bits per heavy atom. The van der Waals surface area contributed by atoms with Crippen molar-refractivity contribution in [2.24, 2.45) is 0 Å². The maximum absolute atomic E-state index is 12.6. The quantitative estimate of drug-likeness (QED) is 0.825. The monoisotopic (exact) mass is 316 g/mol. The number of nitrogens with zero attached hydrogens (tertiary/aromatic N) is 6. The van der Waals surface area contributed by atoms with Gasteiger partial charge >= 0.3 is 0 Å². The summed E-state index contributed by atoms with van der Waals surface area (Å²) < 4.78 is 6.85. The molecule has 0 radical (unpaired) electrons. The smallest absolute Gasteiger partial charge is 0.273 e. The molecule has 2 aromatic rings. The fraction of sp³-hybridized carbons (Fsp3) is 0.467. The van der Waals surface area contributed by atoms with E-state index in [0.717, 1.165) is 24.7 Å². The average Bonchev–Trinajstić information content (AvgIpc) is 3.10. The SMILES string of the molecule is CCn1nncc1C(=O)N1CCN(c2cc(OC)ccn2)CC1. The minimum absolute atomic E-state index is 0.0184. The van der Waals surface area contributed by atoms with Crippen LogP contribution in [0.15, 0.2) is 24.5 Å². The zero-order valence-corrected chi connectivity index (χ0v) is 13.3. The highest BCUT2D eigenvalue weighted by Gasteiger charge is 2.25. The molecule has 1 amide bonds. The summed E-state index contributed by atoms with van der Waals surface area (Å²) in [5.41, 5.74) is 0.542. The van der Waals surface area contributed by atoms with Gasteiger partial charge in [0.1, 0.15) is 17.3 Å². The number of carbonyl (C=O) groups is 1. The summed E-state index contributed by atoms with van der Waals surface area (Å²) in [7, 11) is 1.64. The van der Waals surface area contributed by atoms with Crippen LogP contribution >= 0.6 is 0 Å². The minimum Gasteiger partial charge on any atom is -0.497 e. The summed E-state index contributed by atoms with van der Waals surface area (Å²) in [6.07, 6.45) is 3.26. The average molecular weight is 316 g/mol. The molecule has 1 saturated heterocycles. The van der Waals surface area contributed by atoms with Crippen LogP contribution in [-0.2, 0) is 6.54 Å². The summed E-state index contributed by atoms with van der Waals surface area (Å²) in [6.45, 7) is 5.34. The molecular weight excluding hydrogens is 296 g/mol. The first-order chi connectivity index (χ1) is 11.2. The molecule has 1 fully saturated rings. The van der Waals surface area contributed by atoms with E-state index in [1.807, 2.05) is 24.0 Å². The molecule has 3 heterocycles. The van der Waals surface area contributed by atoms with Gasteiger partial charge in [-0.1, -0.05) is 5.21 Å². The Morgan fingerprint density at radius 1 is 1.30 bits per heavy atom. The van der Waals surface area contributed by atoms with Crippen molar-refractivity contribution in [3.05, 3.63) is 30.2 Å². The Balaban J connectivity index is 1.65. The number of piperazine rings is 1. The number of hydrogen-bond acceptors (Lipinski definition) is 6. The zero-order valence-electron chi connectivity index (χ0n) is 13.3. The molecule has 2 aromatic heterocycles. The van der Waals surface area contributed by atoms with Gasteiger partial charge in [-0.25, -0.2) is 9.67 Å². The van der Waals surface area contributed by atoms with Crippen LogP contribution in [0.4, 0.5) is 5.82 Å². The molecule has 0 atom stereocenters. The minimum atomic E-state index is -0.0184. The van der Waals surface area contributed by atoms with Gasteiger partial charge in [0.15, 0.2) is 0 Å². The number of aryl methyl sites for hydroxylation is 1. The van der Waals surface area contributed by atoms with Gasteiger partial charge in [0.25, 0.3) is 5.91 Å². The number of amides is 1. The molecule has 23 heavy (non-hydrogen) atoms. The van der Waals surface area contributed by atoms with Crippen molar-refractivity contribution >= 4 is 11.7 Å². The molecule has 8 heteroatoms. The van der Waals surface area contributed by atoms with Gasteiger partial charge in [0.05, 0.1) is 13.3 Å². The summed E-state index contributed by atoms with van der Waals surface area (Å²) in [5, 5.41) is 7.74. The van der Waals surface area contributed by atoms with E-state index in [9.17, 15) is 4.79 Å².